The molecule has 2 rings (SSSR count). The van der Waals surface area contributed by atoms with Crippen molar-refractivity contribution in [1.29, 1.82) is 0 Å². The third-order valence-corrected chi connectivity index (χ3v) is 10.1. The Morgan fingerprint density at radius 1 is 0.806 bits per heavy atom. The number of rotatable bonds is 9. The number of amides is 1. The van der Waals surface area contributed by atoms with E-state index >= 15 is 0 Å². The monoisotopic (exact) mass is 517 g/mol. The zero-order chi connectivity index (χ0) is 27.5. The molecule has 36 heavy (non-hydrogen) atoms. The van der Waals surface area contributed by atoms with Crippen molar-refractivity contribution in [3.63, 3.8) is 0 Å². The van der Waals surface area contributed by atoms with Crippen molar-refractivity contribution in [1.82, 2.24) is 5.32 Å². The van der Waals surface area contributed by atoms with Gasteiger partial charge in [-0.1, -0.05) is 93.5 Å². The predicted octanol–water partition coefficient (Wildman–Crippen LogP) is 9.31. The number of allylic oxidation sites excluding steroid dienone is 4. The Bertz CT molecular complexity index is 778. The number of carbonyl (C=O) groups is 1. The molecule has 0 spiro atoms. The Morgan fingerprint density at radius 2 is 1.39 bits per heavy atom. The van der Waals surface area contributed by atoms with Gasteiger partial charge in [0.25, 0.3) is 0 Å². The summed E-state index contributed by atoms with van der Waals surface area (Å²) >= 11 is 2.01. The Labute approximate surface area is 229 Å². The van der Waals surface area contributed by atoms with E-state index in [2.05, 4.69) is 113 Å². The van der Waals surface area contributed by atoms with Crippen molar-refractivity contribution in [2.45, 2.75) is 125 Å². The number of hydrogen-bond donors (Lipinski definition) is 1. The van der Waals surface area contributed by atoms with Gasteiger partial charge in [0.05, 0.1) is 0 Å². The van der Waals surface area contributed by atoms with Crippen LogP contribution in [-0.2, 0) is 4.79 Å². The first-order valence-electron chi connectivity index (χ1n) is 14.6. The van der Waals surface area contributed by atoms with Gasteiger partial charge in [0, 0.05) is 22.0 Å². The lowest BCUT2D eigenvalue weighted by Gasteiger charge is -2.41. The van der Waals surface area contributed by atoms with Gasteiger partial charge >= 0.3 is 0 Å². The molecule has 0 saturated heterocycles. The Balaban J connectivity index is 1.90. The molecular formula is C33H59NOS. The topological polar surface area (TPSA) is 29.1 Å². The molecule has 2 aliphatic carbocycles. The largest absolute Gasteiger partial charge is 0.351 e. The average molecular weight is 518 g/mol. The lowest BCUT2D eigenvalue weighted by Crippen LogP contribution is -2.48. The smallest absolute Gasteiger partial charge is 0.224 e. The van der Waals surface area contributed by atoms with Crippen LogP contribution in [0.15, 0.2) is 24.3 Å². The van der Waals surface area contributed by atoms with E-state index in [0.717, 1.165) is 30.9 Å². The first-order chi connectivity index (χ1) is 16.3. The Morgan fingerprint density at radius 3 is 1.97 bits per heavy atom. The van der Waals surface area contributed by atoms with Crippen LogP contribution in [0.2, 0.25) is 0 Å². The molecule has 1 N–H and O–H groups in total. The first kappa shape index (κ1) is 31.5. The van der Waals surface area contributed by atoms with Crippen molar-refractivity contribution < 1.29 is 4.79 Å². The summed E-state index contributed by atoms with van der Waals surface area (Å²) in [6, 6.07) is 0. The molecule has 208 valence electrons. The van der Waals surface area contributed by atoms with Crippen LogP contribution in [0.25, 0.3) is 0 Å². The highest BCUT2D eigenvalue weighted by molar-refractivity contribution is 8.00. The fraction of sp³-hybridized carbons (Fsp3) is 0.848. The van der Waals surface area contributed by atoms with Gasteiger partial charge < -0.3 is 5.32 Å². The van der Waals surface area contributed by atoms with Crippen LogP contribution in [0, 0.1) is 46.3 Å². The van der Waals surface area contributed by atoms with E-state index in [0.29, 0.717) is 29.1 Å². The molecule has 0 saturated carbocycles. The molecule has 0 aromatic rings. The molecule has 0 aromatic heterocycles. The van der Waals surface area contributed by atoms with Crippen LogP contribution in [0.4, 0.5) is 0 Å². The molecule has 0 heterocycles. The fourth-order valence-corrected chi connectivity index (χ4v) is 7.20. The molecule has 0 bridgehead atoms. The van der Waals surface area contributed by atoms with E-state index in [9.17, 15) is 4.79 Å². The summed E-state index contributed by atoms with van der Waals surface area (Å²) in [6.45, 7) is 27.9. The van der Waals surface area contributed by atoms with E-state index in [1.807, 2.05) is 11.8 Å². The maximum atomic E-state index is 13.4. The Hall–Kier alpha value is -0.700. The molecule has 0 aromatic carbocycles. The predicted molar refractivity (Wildman–Crippen MR) is 161 cm³/mol. The summed E-state index contributed by atoms with van der Waals surface area (Å²) in [4.78, 5) is 13.4. The number of carbonyl (C=O) groups excluding carboxylic acids is 1. The van der Waals surface area contributed by atoms with Crippen molar-refractivity contribution in [2.75, 3.05) is 5.75 Å². The fourth-order valence-electron chi connectivity index (χ4n) is 6.24. The third-order valence-electron chi connectivity index (χ3n) is 8.64. The molecular weight excluding hydrogens is 458 g/mol. The van der Waals surface area contributed by atoms with Crippen LogP contribution in [-0.4, -0.2) is 21.9 Å². The molecule has 6 unspecified atom stereocenters. The molecule has 0 fully saturated rings. The van der Waals surface area contributed by atoms with Gasteiger partial charge in [0.15, 0.2) is 0 Å². The van der Waals surface area contributed by atoms with Gasteiger partial charge in [-0.2, -0.15) is 11.8 Å². The molecule has 3 heteroatoms. The molecule has 0 radical (unpaired) electrons. The average Bonchev–Trinajstić information content (AvgIpc) is 2.71. The summed E-state index contributed by atoms with van der Waals surface area (Å²) < 4.78 is 0.267. The van der Waals surface area contributed by atoms with Crippen LogP contribution in [0.5, 0.6) is 0 Å². The minimum atomic E-state index is -0.185. The second kappa shape index (κ2) is 12.0. The maximum Gasteiger partial charge on any atom is 0.224 e. The normalized spacial score (nSPS) is 29.9. The summed E-state index contributed by atoms with van der Waals surface area (Å²) in [6.07, 6.45) is 15.2. The molecule has 2 aliphatic rings. The molecule has 6 atom stereocenters. The van der Waals surface area contributed by atoms with E-state index in [4.69, 9.17) is 0 Å². The molecule has 2 nitrogen and oxygen atoms in total. The second-order valence-corrected chi connectivity index (χ2v) is 17.6. The van der Waals surface area contributed by atoms with Gasteiger partial charge in [-0.15, -0.1) is 0 Å². The second-order valence-electron chi connectivity index (χ2n) is 15.7. The highest BCUT2D eigenvalue weighted by atomic mass is 32.2. The lowest BCUT2D eigenvalue weighted by molar-refractivity contribution is -0.128. The van der Waals surface area contributed by atoms with Gasteiger partial charge in [0.2, 0.25) is 5.91 Å². The SMILES string of the molecule is CC1C=CC(CSC(C)(C)C)CC1C(=O)NC(C)(C)CCC(C)(C)CC1C=CC(C)C(C(C)(C)C)C1. The van der Waals surface area contributed by atoms with Gasteiger partial charge in [-0.25, -0.2) is 0 Å². The zero-order valence-electron chi connectivity index (χ0n) is 25.8. The van der Waals surface area contributed by atoms with E-state index in [1.54, 1.807) is 0 Å². The first-order valence-corrected chi connectivity index (χ1v) is 15.6. The summed E-state index contributed by atoms with van der Waals surface area (Å²) in [5.41, 5.74) is 0.431. The van der Waals surface area contributed by atoms with Crippen LogP contribution in [0.3, 0.4) is 0 Å². The summed E-state index contributed by atoms with van der Waals surface area (Å²) in [5.74, 6) is 4.30. The number of nitrogens with one attached hydrogen (secondary N) is 1. The highest BCUT2D eigenvalue weighted by Gasteiger charge is 2.36. The number of hydrogen-bond acceptors (Lipinski definition) is 2. The quantitative estimate of drug-likeness (QED) is 0.309. The third kappa shape index (κ3) is 10.2. The number of thioether (sulfide) groups is 1. The van der Waals surface area contributed by atoms with Crippen LogP contribution in [0.1, 0.15) is 115 Å². The van der Waals surface area contributed by atoms with Crippen molar-refractivity contribution in [3.05, 3.63) is 24.3 Å². The van der Waals surface area contributed by atoms with Crippen LogP contribution < -0.4 is 5.32 Å². The standard InChI is InChI=1S/C33H59NOS/c1-23-13-16-26(22-36-31(6,7)8)19-27(23)29(35)34-33(11,12)18-17-32(9,10)21-25-15-14-24(2)28(20-25)30(3,4)5/h13-16,23-28H,17-22H2,1-12H3,(H,34,35). The summed E-state index contributed by atoms with van der Waals surface area (Å²) in [5, 5.41) is 3.46. The van der Waals surface area contributed by atoms with E-state index in [1.165, 1.54) is 12.8 Å². The summed E-state index contributed by atoms with van der Waals surface area (Å²) in [7, 11) is 0. The van der Waals surface area contributed by atoms with Gasteiger partial charge in [-0.05, 0) is 86.4 Å². The van der Waals surface area contributed by atoms with Crippen molar-refractivity contribution in [2.24, 2.45) is 46.3 Å². The van der Waals surface area contributed by atoms with Crippen molar-refractivity contribution in [3.8, 4) is 0 Å². The molecule has 0 aliphatic heterocycles. The lowest BCUT2D eigenvalue weighted by atomic mass is 9.64. The van der Waals surface area contributed by atoms with Crippen molar-refractivity contribution >= 4 is 17.7 Å². The van der Waals surface area contributed by atoms with E-state index < -0.39 is 0 Å². The molecule has 1 amide bonds. The van der Waals surface area contributed by atoms with Gasteiger partial charge in [0.1, 0.15) is 0 Å². The minimum absolute atomic E-state index is 0.0801. The van der Waals surface area contributed by atoms with E-state index in [-0.39, 0.29) is 27.5 Å². The Kier molecular flexibility index (Phi) is 10.5. The zero-order valence-corrected chi connectivity index (χ0v) is 26.6. The highest BCUT2D eigenvalue weighted by Crippen LogP contribution is 2.44. The minimum Gasteiger partial charge on any atom is -0.351 e. The van der Waals surface area contributed by atoms with Gasteiger partial charge in [-0.3, -0.25) is 4.79 Å². The maximum absolute atomic E-state index is 13.4. The van der Waals surface area contributed by atoms with Crippen LogP contribution >= 0.6 is 11.8 Å².